The largest absolute Gasteiger partial charge is 0.330 e. The molecule has 3 N–H and O–H groups in total. The molecule has 21 heavy (non-hydrogen) atoms. The molecule has 0 bridgehead atoms. The number of unbranched alkanes of at least 4 members (excludes halogenated alkanes) is 3. The Morgan fingerprint density at radius 2 is 2.10 bits per heavy atom. The molecule has 2 rings (SSSR count). The SMILES string of the molecule is NCCCCCCC(=O)Nc1ccc(-n2ccnc2)nc1. The van der Waals surface area contributed by atoms with E-state index in [2.05, 4.69) is 15.3 Å². The summed E-state index contributed by atoms with van der Waals surface area (Å²) in [5.74, 6) is 0.798. The van der Waals surface area contributed by atoms with Gasteiger partial charge in [-0.1, -0.05) is 12.8 Å². The van der Waals surface area contributed by atoms with Gasteiger partial charge < -0.3 is 11.1 Å². The predicted molar refractivity (Wildman–Crippen MR) is 82.1 cm³/mol. The van der Waals surface area contributed by atoms with Crippen LogP contribution >= 0.6 is 0 Å². The highest BCUT2D eigenvalue weighted by atomic mass is 16.1. The van der Waals surface area contributed by atoms with Crippen molar-refractivity contribution >= 4 is 11.6 Å². The van der Waals surface area contributed by atoms with Crippen molar-refractivity contribution in [3.05, 3.63) is 37.1 Å². The van der Waals surface area contributed by atoms with Gasteiger partial charge in [-0.25, -0.2) is 9.97 Å². The predicted octanol–water partition coefficient (Wildman–Crippen LogP) is 2.12. The molecule has 0 aliphatic carbocycles. The lowest BCUT2D eigenvalue weighted by atomic mass is 10.1. The van der Waals surface area contributed by atoms with Crippen LogP contribution in [-0.4, -0.2) is 27.0 Å². The number of hydrogen-bond donors (Lipinski definition) is 2. The summed E-state index contributed by atoms with van der Waals surface area (Å²) in [7, 11) is 0. The fraction of sp³-hybridized carbons (Fsp3) is 0.400. The molecule has 0 atom stereocenters. The maximum absolute atomic E-state index is 11.8. The van der Waals surface area contributed by atoms with Crippen molar-refractivity contribution in [3.63, 3.8) is 0 Å². The summed E-state index contributed by atoms with van der Waals surface area (Å²) < 4.78 is 1.81. The second kappa shape index (κ2) is 8.16. The van der Waals surface area contributed by atoms with Gasteiger partial charge in [-0.2, -0.15) is 0 Å². The van der Waals surface area contributed by atoms with Crippen LogP contribution in [0.25, 0.3) is 5.82 Å². The highest BCUT2D eigenvalue weighted by Crippen LogP contribution is 2.11. The van der Waals surface area contributed by atoms with Crippen LogP contribution in [0, 0.1) is 0 Å². The Morgan fingerprint density at radius 3 is 2.76 bits per heavy atom. The Balaban J connectivity index is 1.76. The quantitative estimate of drug-likeness (QED) is 0.728. The monoisotopic (exact) mass is 287 g/mol. The van der Waals surface area contributed by atoms with Gasteiger partial charge in [0, 0.05) is 18.8 Å². The lowest BCUT2D eigenvalue weighted by Gasteiger charge is -2.06. The van der Waals surface area contributed by atoms with Crippen LogP contribution in [0.4, 0.5) is 5.69 Å². The maximum Gasteiger partial charge on any atom is 0.224 e. The van der Waals surface area contributed by atoms with Crippen LogP contribution in [0.1, 0.15) is 32.1 Å². The average molecular weight is 287 g/mol. The number of nitrogens with zero attached hydrogens (tertiary/aromatic N) is 3. The van der Waals surface area contributed by atoms with Gasteiger partial charge in [0.1, 0.15) is 12.1 Å². The molecule has 0 saturated carbocycles. The Hall–Kier alpha value is -2.21. The van der Waals surface area contributed by atoms with E-state index in [9.17, 15) is 4.79 Å². The van der Waals surface area contributed by atoms with Gasteiger partial charge in [0.15, 0.2) is 0 Å². The van der Waals surface area contributed by atoms with Crippen LogP contribution in [0.15, 0.2) is 37.1 Å². The van der Waals surface area contributed by atoms with Crippen molar-refractivity contribution in [1.29, 1.82) is 0 Å². The molecule has 0 fully saturated rings. The highest BCUT2D eigenvalue weighted by Gasteiger charge is 2.03. The standard InChI is InChI=1S/C15H21N5O/c16-8-4-2-1-3-5-15(21)19-13-6-7-14(18-11-13)20-10-9-17-12-20/h6-7,9-12H,1-5,8,16H2,(H,19,21). The minimum Gasteiger partial charge on any atom is -0.330 e. The number of aromatic nitrogens is 3. The van der Waals surface area contributed by atoms with Crippen LogP contribution < -0.4 is 11.1 Å². The van der Waals surface area contributed by atoms with E-state index in [1.807, 2.05) is 22.9 Å². The van der Waals surface area contributed by atoms with E-state index < -0.39 is 0 Å². The zero-order valence-electron chi connectivity index (χ0n) is 12.0. The van der Waals surface area contributed by atoms with Crippen molar-refractivity contribution in [1.82, 2.24) is 14.5 Å². The molecule has 0 aromatic carbocycles. The molecule has 2 aromatic heterocycles. The average Bonchev–Trinajstić information content (AvgIpc) is 3.02. The van der Waals surface area contributed by atoms with Crippen LogP contribution in [-0.2, 0) is 4.79 Å². The third-order valence-corrected chi connectivity index (χ3v) is 3.16. The van der Waals surface area contributed by atoms with Gasteiger partial charge in [0.05, 0.1) is 11.9 Å². The van der Waals surface area contributed by atoms with E-state index in [0.29, 0.717) is 12.1 Å². The minimum atomic E-state index is 0.0277. The van der Waals surface area contributed by atoms with Crippen molar-refractivity contribution in [2.24, 2.45) is 5.73 Å². The zero-order chi connectivity index (χ0) is 14.9. The summed E-state index contributed by atoms with van der Waals surface area (Å²) in [4.78, 5) is 20.0. The topological polar surface area (TPSA) is 85.8 Å². The third-order valence-electron chi connectivity index (χ3n) is 3.16. The van der Waals surface area contributed by atoms with Gasteiger partial charge in [0.25, 0.3) is 0 Å². The number of pyridine rings is 1. The van der Waals surface area contributed by atoms with Crippen molar-refractivity contribution in [3.8, 4) is 5.82 Å². The third kappa shape index (κ3) is 5.00. The van der Waals surface area contributed by atoms with Gasteiger partial charge in [-0.15, -0.1) is 0 Å². The first kappa shape index (κ1) is 15.2. The molecule has 0 saturated heterocycles. The fourth-order valence-corrected chi connectivity index (χ4v) is 2.01. The van der Waals surface area contributed by atoms with Gasteiger partial charge in [-0.3, -0.25) is 9.36 Å². The normalized spacial score (nSPS) is 10.5. The van der Waals surface area contributed by atoms with E-state index in [-0.39, 0.29) is 5.91 Å². The molecule has 0 aliphatic rings. The first-order chi connectivity index (χ1) is 10.3. The molecule has 6 nitrogen and oxygen atoms in total. The van der Waals surface area contributed by atoms with E-state index in [0.717, 1.165) is 38.0 Å². The van der Waals surface area contributed by atoms with Crippen molar-refractivity contribution in [2.75, 3.05) is 11.9 Å². The van der Waals surface area contributed by atoms with Crippen LogP contribution in [0.3, 0.4) is 0 Å². The molecule has 112 valence electrons. The van der Waals surface area contributed by atoms with Crippen LogP contribution in [0.5, 0.6) is 0 Å². The zero-order valence-corrected chi connectivity index (χ0v) is 12.0. The lowest BCUT2D eigenvalue weighted by Crippen LogP contribution is -2.11. The first-order valence-corrected chi connectivity index (χ1v) is 7.24. The Morgan fingerprint density at radius 1 is 1.24 bits per heavy atom. The molecule has 2 heterocycles. The number of carbonyl (C=O) groups excluding carboxylic acids is 1. The molecular weight excluding hydrogens is 266 g/mol. The van der Waals surface area contributed by atoms with E-state index >= 15 is 0 Å². The number of nitrogens with one attached hydrogen (secondary N) is 1. The number of anilines is 1. The first-order valence-electron chi connectivity index (χ1n) is 7.24. The van der Waals surface area contributed by atoms with E-state index in [4.69, 9.17) is 5.73 Å². The smallest absolute Gasteiger partial charge is 0.224 e. The van der Waals surface area contributed by atoms with Gasteiger partial charge in [0.2, 0.25) is 5.91 Å². The Kier molecular flexibility index (Phi) is 5.90. The molecule has 1 amide bonds. The minimum absolute atomic E-state index is 0.0277. The molecule has 0 spiro atoms. The molecule has 0 unspecified atom stereocenters. The summed E-state index contributed by atoms with van der Waals surface area (Å²) in [5, 5.41) is 2.85. The van der Waals surface area contributed by atoms with Crippen molar-refractivity contribution in [2.45, 2.75) is 32.1 Å². The van der Waals surface area contributed by atoms with E-state index in [1.165, 1.54) is 0 Å². The Bertz CT molecular complexity index is 536. The molecule has 2 aromatic rings. The van der Waals surface area contributed by atoms with Crippen molar-refractivity contribution < 1.29 is 4.79 Å². The Labute approximate surface area is 124 Å². The number of rotatable bonds is 8. The summed E-state index contributed by atoms with van der Waals surface area (Å²) >= 11 is 0. The number of hydrogen-bond acceptors (Lipinski definition) is 4. The molecule has 0 radical (unpaired) electrons. The molecule has 0 aliphatic heterocycles. The summed E-state index contributed by atoms with van der Waals surface area (Å²) in [6.07, 6.45) is 11.4. The second-order valence-corrected chi connectivity index (χ2v) is 4.88. The molecule has 6 heteroatoms. The summed E-state index contributed by atoms with van der Waals surface area (Å²) in [5.41, 5.74) is 6.14. The number of imidazole rings is 1. The van der Waals surface area contributed by atoms with Gasteiger partial charge in [-0.05, 0) is 31.5 Å². The highest BCUT2D eigenvalue weighted by molar-refractivity contribution is 5.90. The van der Waals surface area contributed by atoms with E-state index in [1.54, 1.807) is 18.7 Å². The second-order valence-electron chi connectivity index (χ2n) is 4.88. The fourth-order valence-electron chi connectivity index (χ4n) is 2.01. The number of carbonyl (C=O) groups is 1. The maximum atomic E-state index is 11.8. The molecular formula is C15H21N5O. The summed E-state index contributed by atoms with van der Waals surface area (Å²) in [6.45, 7) is 0.723. The van der Waals surface area contributed by atoms with Crippen LogP contribution in [0.2, 0.25) is 0 Å². The summed E-state index contributed by atoms with van der Waals surface area (Å²) in [6, 6.07) is 3.69. The lowest BCUT2D eigenvalue weighted by molar-refractivity contribution is -0.116. The number of nitrogens with two attached hydrogens (primary N) is 1. The van der Waals surface area contributed by atoms with Gasteiger partial charge >= 0.3 is 0 Å². The number of amides is 1.